The van der Waals surface area contributed by atoms with Gasteiger partial charge in [0.1, 0.15) is 5.75 Å². The van der Waals surface area contributed by atoms with Crippen molar-refractivity contribution in [2.45, 2.75) is 25.7 Å². The third-order valence-corrected chi connectivity index (χ3v) is 3.17. The van der Waals surface area contributed by atoms with Crippen molar-refractivity contribution in [1.82, 2.24) is 0 Å². The van der Waals surface area contributed by atoms with E-state index in [1.807, 2.05) is 6.07 Å². The smallest absolute Gasteiger partial charge is 0.150 e. The zero-order valence-corrected chi connectivity index (χ0v) is 9.93. The number of aryl methyl sites for hydroxylation is 2. The van der Waals surface area contributed by atoms with Crippen LogP contribution in [0.2, 0.25) is 0 Å². The van der Waals surface area contributed by atoms with Gasteiger partial charge in [0.15, 0.2) is 5.78 Å². The highest BCUT2D eigenvalue weighted by molar-refractivity contribution is 6.27. The van der Waals surface area contributed by atoms with Gasteiger partial charge in [0.25, 0.3) is 0 Å². The summed E-state index contributed by atoms with van der Waals surface area (Å²) in [5.41, 5.74) is 2.82. The molecule has 1 aliphatic carbocycles. The summed E-state index contributed by atoms with van der Waals surface area (Å²) in [6.07, 6.45) is 3.96. The molecule has 86 valence electrons. The molecular formula is C13H15ClO2. The summed E-state index contributed by atoms with van der Waals surface area (Å²) in [5, 5.41) is 0. The largest absolute Gasteiger partial charge is 0.493 e. The molecule has 1 aromatic rings. The first-order valence-corrected chi connectivity index (χ1v) is 6.15. The van der Waals surface area contributed by atoms with Crippen LogP contribution < -0.4 is 4.74 Å². The Hall–Kier alpha value is -1.02. The van der Waals surface area contributed by atoms with E-state index in [-0.39, 0.29) is 11.7 Å². The predicted molar refractivity (Wildman–Crippen MR) is 64.3 cm³/mol. The highest BCUT2D eigenvalue weighted by atomic mass is 35.5. The van der Waals surface area contributed by atoms with E-state index in [0.717, 1.165) is 12.2 Å². The summed E-state index contributed by atoms with van der Waals surface area (Å²) >= 11 is 5.41. The van der Waals surface area contributed by atoms with Gasteiger partial charge in [0.2, 0.25) is 0 Å². The molecule has 16 heavy (non-hydrogen) atoms. The van der Waals surface area contributed by atoms with Crippen LogP contribution in [0, 0.1) is 0 Å². The second-order valence-electron chi connectivity index (χ2n) is 4.05. The van der Waals surface area contributed by atoms with Crippen LogP contribution in [0.15, 0.2) is 18.2 Å². The third kappa shape index (κ3) is 2.76. The summed E-state index contributed by atoms with van der Waals surface area (Å²) in [6, 6.07) is 6.20. The minimum atomic E-state index is 0.0304. The zero-order chi connectivity index (χ0) is 11.4. The van der Waals surface area contributed by atoms with Gasteiger partial charge < -0.3 is 4.74 Å². The minimum Gasteiger partial charge on any atom is -0.493 e. The average Bonchev–Trinajstić information content (AvgIpc) is 2.76. The van der Waals surface area contributed by atoms with E-state index in [4.69, 9.17) is 16.3 Å². The van der Waals surface area contributed by atoms with Crippen LogP contribution in [0.5, 0.6) is 5.75 Å². The second-order valence-corrected chi connectivity index (χ2v) is 4.32. The lowest BCUT2D eigenvalue weighted by Crippen LogP contribution is -2.07. The van der Waals surface area contributed by atoms with Crippen LogP contribution >= 0.6 is 11.6 Å². The summed E-state index contributed by atoms with van der Waals surface area (Å²) in [5.74, 6) is 0.971. The molecule has 0 unspecified atom stereocenters. The zero-order valence-electron chi connectivity index (χ0n) is 9.17. The molecule has 2 rings (SSSR count). The fourth-order valence-electron chi connectivity index (χ4n) is 1.99. The molecule has 0 spiro atoms. The first kappa shape index (κ1) is 11.5. The lowest BCUT2D eigenvalue weighted by Gasteiger charge is -2.07. The lowest BCUT2D eigenvalue weighted by molar-refractivity contribution is -0.117. The highest BCUT2D eigenvalue weighted by Gasteiger charge is 2.11. The SMILES string of the molecule is O=C(CCl)CCOc1ccc2c(c1)CCC2. The fraction of sp³-hybridized carbons (Fsp3) is 0.462. The van der Waals surface area contributed by atoms with E-state index in [9.17, 15) is 4.79 Å². The Balaban J connectivity index is 1.88. The Morgan fingerprint density at radius 3 is 2.94 bits per heavy atom. The van der Waals surface area contributed by atoms with Gasteiger partial charge in [0, 0.05) is 6.42 Å². The van der Waals surface area contributed by atoms with Crippen LogP contribution in [0.1, 0.15) is 24.0 Å². The van der Waals surface area contributed by atoms with E-state index in [2.05, 4.69) is 12.1 Å². The number of fused-ring (bicyclic) bond motifs is 1. The van der Waals surface area contributed by atoms with Crippen molar-refractivity contribution in [2.75, 3.05) is 12.5 Å². The normalized spacial score (nSPS) is 13.6. The van der Waals surface area contributed by atoms with Gasteiger partial charge in [-0.15, -0.1) is 11.6 Å². The van der Waals surface area contributed by atoms with Crippen LogP contribution in [0.25, 0.3) is 0 Å². The van der Waals surface area contributed by atoms with Crippen molar-refractivity contribution in [2.24, 2.45) is 0 Å². The Morgan fingerprint density at radius 1 is 1.31 bits per heavy atom. The summed E-state index contributed by atoms with van der Waals surface area (Å²) in [6.45, 7) is 0.421. The lowest BCUT2D eigenvalue weighted by atomic mass is 10.1. The fourth-order valence-corrected chi connectivity index (χ4v) is 2.12. The van der Waals surface area contributed by atoms with Gasteiger partial charge >= 0.3 is 0 Å². The Bertz CT molecular complexity index is 388. The molecular weight excluding hydrogens is 224 g/mol. The van der Waals surface area contributed by atoms with Crippen LogP contribution in [0.3, 0.4) is 0 Å². The highest BCUT2D eigenvalue weighted by Crippen LogP contribution is 2.25. The van der Waals surface area contributed by atoms with Gasteiger partial charge in [-0.05, 0) is 42.5 Å². The van der Waals surface area contributed by atoms with Gasteiger partial charge in [-0.3, -0.25) is 4.79 Å². The molecule has 0 aliphatic heterocycles. The molecule has 0 N–H and O–H groups in total. The number of carbonyl (C=O) groups excluding carboxylic acids is 1. The molecule has 1 aliphatic rings. The molecule has 0 amide bonds. The molecule has 0 atom stereocenters. The molecule has 1 aromatic carbocycles. The number of alkyl halides is 1. The molecule has 0 heterocycles. The first-order valence-electron chi connectivity index (χ1n) is 5.62. The molecule has 0 bridgehead atoms. The molecule has 0 saturated carbocycles. The number of halogens is 1. The van der Waals surface area contributed by atoms with E-state index < -0.39 is 0 Å². The Kier molecular flexibility index (Phi) is 3.83. The van der Waals surface area contributed by atoms with Crippen molar-refractivity contribution in [3.05, 3.63) is 29.3 Å². The second kappa shape index (κ2) is 5.35. The number of rotatable bonds is 5. The summed E-state index contributed by atoms with van der Waals surface area (Å²) in [4.78, 5) is 11.0. The Labute approximate surface area is 101 Å². The van der Waals surface area contributed by atoms with Crippen LogP contribution in [-0.4, -0.2) is 18.3 Å². The minimum absolute atomic E-state index is 0.0304. The summed E-state index contributed by atoms with van der Waals surface area (Å²) < 4.78 is 5.52. The average molecular weight is 239 g/mol. The first-order chi connectivity index (χ1) is 7.79. The molecule has 0 saturated heterocycles. The molecule has 2 nitrogen and oxygen atoms in total. The number of Topliss-reactive ketones (excluding diaryl/α,β-unsaturated/α-hetero) is 1. The molecule has 0 fully saturated rings. The molecule has 3 heteroatoms. The van der Waals surface area contributed by atoms with Crippen molar-refractivity contribution in [3.8, 4) is 5.75 Å². The van der Waals surface area contributed by atoms with Gasteiger partial charge in [-0.2, -0.15) is 0 Å². The molecule has 0 radical (unpaired) electrons. The van der Waals surface area contributed by atoms with Gasteiger partial charge in [-0.1, -0.05) is 6.07 Å². The standard InChI is InChI=1S/C13H15ClO2/c14-9-12(15)6-7-16-13-5-4-10-2-1-3-11(10)8-13/h4-5,8H,1-3,6-7,9H2. The van der Waals surface area contributed by atoms with E-state index in [0.29, 0.717) is 13.0 Å². The number of hydrogen-bond acceptors (Lipinski definition) is 2. The maximum atomic E-state index is 11.0. The van der Waals surface area contributed by atoms with Crippen molar-refractivity contribution >= 4 is 17.4 Å². The number of carbonyl (C=O) groups is 1. The summed E-state index contributed by atoms with van der Waals surface area (Å²) in [7, 11) is 0. The van der Waals surface area contributed by atoms with E-state index in [1.165, 1.54) is 24.0 Å². The third-order valence-electron chi connectivity index (χ3n) is 2.87. The van der Waals surface area contributed by atoms with Crippen LogP contribution in [-0.2, 0) is 17.6 Å². The number of ketones is 1. The maximum Gasteiger partial charge on any atom is 0.150 e. The maximum absolute atomic E-state index is 11.0. The quantitative estimate of drug-likeness (QED) is 0.738. The van der Waals surface area contributed by atoms with Crippen molar-refractivity contribution < 1.29 is 9.53 Å². The van der Waals surface area contributed by atoms with Crippen molar-refractivity contribution in [1.29, 1.82) is 0 Å². The van der Waals surface area contributed by atoms with E-state index >= 15 is 0 Å². The number of benzene rings is 1. The predicted octanol–water partition coefficient (Wildman–Crippen LogP) is 2.75. The number of ether oxygens (including phenoxy) is 1. The van der Waals surface area contributed by atoms with Crippen LogP contribution in [0.4, 0.5) is 0 Å². The van der Waals surface area contributed by atoms with Gasteiger partial charge in [-0.25, -0.2) is 0 Å². The molecule has 0 aromatic heterocycles. The van der Waals surface area contributed by atoms with Gasteiger partial charge in [0.05, 0.1) is 12.5 Å². The Morgan fingerprint density at radius 2 is 2.12 bits per heavy atom. The van der Waals surface area contributed by atoms with E-state index in [1.54, 1.807) is 0 Å². The topological polar surface area (TPSA) is 26.3 Å². The van der Waals surface area contributed by atoms with Crippen molar-refractivity contribution in [3.63, 3.8) is 0 Å². The monoisotopic (exact) mass is 238 g/mol. The number of hydrogen-bond donors (Lipinski definition) is 0.